The van der Waals surface area contributed by atoms with Crippen LogP contribution in [0.2, 0.25) is 0 Å². The molecule has 434 valence electrons. The van der Waals surface area contributed by atoms with Crippen LogP contribution in [0.25, 0.3) is 0 Å². The van der Waals surface area contributed by atoms with Gasteiger partial charge in [0, 0.05) is 13.0 Å². The molecule has 0 saturated carbocycles. The van der Waals surface area contributed by atoms with Gasteiger partial charge in [0.1, 0.15) is 54.9 Å². The molecule has 0 aromatic heterocycles. The van der Waals surface area contributed by atoms with Gasteiger partial charge in [0.2, 0.25) is 0 Å². The molecule has 2 aliphatic heterocycles. The van der Waals surface area contributed by atoms with Crippen molar-refractivity contribution in [1.29, 1.82) is 0 Å². The molecule has 0 aromatic rings. The second-order valence-corrected chi connectivity index (χ2v) is 19.0. The van der Waals surface area contributed by atoms with Gasteiger partial charge in [0.25, 0.3) is 0 Å². The van der Waals surface area contributed by atoms with E-state index in [1.807, 2.05) is 0 Å². The predicted molar refractivity (Wildman–Crippen MR) is 306 cm³/mol. The monoisotopic (exact) mass is 1080 g/mol. The lowest BCUT2D eigenvalue weighted by atomic mass is 9.98. The maximum atomic E-state index is 13.1. The second-order valence-electron chi connectivity index (χ2n) is 19.0. The minimum Gasteiger partial charge on any atom is -0.457 e. The van der Waals surface area contributed by atoms with Crippen molar-refractivity contribution in [3.8, 4) is 0 Å². The SMILES string of the molecule is CC/C=C\C/C=C\C/C=C\C/C=C\C/C=C\C/C=C\C/C=C\CCCCCC(=O)OC(COCCCC/C=C\C/C=C\C/C=C\C/C=C\C/C=C\CC)COC1OC(COC2OC(CO)C(O)C(O)C2O)C(O)C(O)C1O. The smallest absolute Gasteiger partial charge is 0.306 e. The lowest BCUT2D eigenvalue weighted by Crippen LogP contribution is -2.61. The molecule has 0 bridgehead atoms. The average molecular weight is 1080 g/mol. The zero-order chi connectivity index (χ0) is 55.8. The Hall–Kier alpha value is -4.13. The number of hydrogen-bond acceptors (Lipinski definition) is 14. The van der Waals surface area contributed by atoms with E-state index >= 15 is 0 Å². The number of ether oxygens (including phenoxy) is 6. The van der Waals surface area contributed by atoms with Crippen LogP contribution < -0.4 is 0 Å². The van der Waals surface area contributed by atoms with Gasteiger partial charge >= 0.3 is 5.97 Å². The molecule has 0 amide bonds. The van der Waals surface area contributed by atoms with Crippen molar-refractivity contribution in [1.82, 2.24) is 0 Å². The van der Waals surface area contributed by atoms with Crippen molar-refractivity contribution >= 4 is 5.97 Å². The number of hydrogen-bond donors (Lipinski definition) is 7. The highest BCUT2D eigenvalue weighted by molar-refractivity contribution is 5.69. The van der Waals surface area contributed by atoms with Crippen LogP contribution in [0.5, 0.6) is 0 Å². The number of aliphatic hydroxyl groups is 7. The van der Waals surface area contributed by atoms with Gasteiger partial charge in [-0.2, -0.15) is 0 Å². The molecule has 7 N–H and O–H groups in total. The van der Waals surface area contributed by atoms with E-state index in [0.29, 0.717) is 13.0 Å². The van der Waals surface area contributed by atoms with Crippen molar-refractivity contribution in [2.45, 2.75) is 210 Å². The van der Waals surface area contributed by atoms with E-state index in [4.69, 9.17) is 28.4 Å². The first-order valence-corrected chi connectivity index (χ1v) is 28.4. The van der Waals surface area contributed by atoms with Crippen LogP contribution in [0.1, 0.15) is 142 Å². The van der Waals surface area contributed by atoms with Crippen LogP contribution in [0.4, 0.5) is 0 Å². The molecular weight excluding hydrogens is 981 g/mol. The molecule has 0 spiro atoms. The van der Waals surface area contributed by atoms with Crippen molar-refractivity contribution < 1.29 is 69.0 Å². The largest absolute Gasteiger partial charge is 0.457 e. The minimum absolute atomic E-state index is 0.00656. The lowest BCUT2D eigenvalue weighted by Gasteiger charge is -2.42. The molecule has 0 aromatic carbocycles. The van der Waals surface area contributed by atoms with Gasteiger partial charge in [-0.05, 0) is 116 Å². The maximum absolute atomic E-state index is 13.1. The predicted octanol–water partition coefficient (Wildman–Crippen LogP) is 10.1. The van der Waals surface area contributed by atoms with E-state index in [2.05, 4.69) is 160 Å². The number of rotatable bonds is 43. The molecule has 2 saturated heterocycles. The van der Waals surface area contributed by atoms with E-state index in [0.717, 1.165) is 116 Å². The standard InChI is InChI=1S/C63H98O14/c1-3-5-7-9-11-13-15-17-19-21-23-24-25-26-27-28-29-30-32-34-36-38-40-42-44-46-55(65)75-52(49-72-47-45-43-41-39-37-35-33-31-22-20-18-16-14-12-10-8-6-4-2)50-73-62-61(71)59(69)57(67)54(77-62)51-74-63-60(70)58(68)56(66)53(48-64)76-63/h5-8,11-14,17-20,23-24,26-27,29-31,33-34,36-37,39,52-54,56-64,66-71H,3-4,9-10,15-16,21-22,25,28,32,35,38,40-51H2,1-2H3/b7-5-,8-6-,13-11-,14-12-,19-17-,20-18-,24-23-,27-26-,30-29-,33-31-,36-34-,39-37-. The van der Waals surface area contributed by atoms with Crippen molar-refractivity contribution in [3.63, 3.8) is 0 Å². The molecule has 2 aliphatic rings. The summed E-state index contributed by atoms with van der Waals surface area (Å²) in [5.41, 5.74) is 0. The maximum Gasteiger partial charge on any atom is 0.306 e. The second kappa shape index (κ2) is 47.8. The Kier molecular flexibility index (Phi) is 42.8. The van der Waals surface area contributed by atoms with Gasteiger partial charge in [0.05, 0.1) is 26.4 Å². The van der Waals surface area contributed by atoms with Crippen molar-refractivity contribution in [2.75, 3.05) is 33.0 Å². The van der Waals surface area contributed by atoms with Crippen LogP contribution in [0.3, 0.4) is 0 Å². The van der Waals surface area contributed by atoms with Crippen molar-refractivity contribution in [3.05, 3.63) is 146 Å². The Morgan fingerprint density at radius 1 is 0.429 bits per heavy atom. The van der Waals surface area contributed by atoms with Crippen LogP contribution in [0, 0.1) is 0 Å². The van der Waals surface area contributed by atoms with Gasteiger partial charge < -0.3 is 64.2 Å². The molecular formula is C63H98O14. The summed E-state index contributed by atoms with van der Waals surface area (Å²) in [6.07, 6.45) is 53.4. The molecule has 2 rings (SSSR count). The summed E-state index contributed by atoms with van der Waals surface area (Å²) < 4.78 is 34.2. The molecule has 2 fully saturated rings. The van der Waals surface area contributed by atoms with Crippen molar-refractivity contribution in [2.24, 2.45) is 0 Å². The highest BCUT2D eigenvalue weighted by Gasteiger charge is 2.47. The minimum atomic E-state index is -1.73. The van der Waals surface area contributed by atoms with Gasteiger partial charge in [0.15, 0.2) is 12.6 Å². The molecule has 14 nitrogen and oxygen atoms in total. The summed E-state index contributed by atoms with van der Waals surface area (Å²) in [5.74, 6) is -0.430. The Labute approximate surface area is 461 Å². The zero-order valence-electron chi connectivity index (χ0n) is 46.4. The van der Waals surface area contributed by atoms with Gasteiger partial charge in [-0.3, -0.25) is 4.79 Å². The normalized spacial score (nSPS) is 25.4. The Morgan fingerprint density at radius 2 is 0.805 bits per heavy atom. The number of allylic oxidation sites excluding steroid dienone is 24. The summed E-state index contributed by atoms with van der Waals surface area (Å²) in [6.45, 7) is 3.26. The molecule has 11 atom stereocenters. The fourth-order valence-corrected chi connectivity index (χ4v) is 7.82. The Balaban J connectivity index is 1.77. The Morgan fingerprint density at radius 3 is 1.23 bits per heavy atom. The molecule has 14 heteroatoms. The molecule has 11 unspecified atom stereocenters. The quantitative estimate of drug-likeness (QED) is 0.0172. The van der Waals surface area contributed by atoms with E-state index in [-0.39, 0.29) is 19.6 Å². The van der Waals surface area contributed by atoms with E-state index < -0.39 is 86.7 Å². The summed E-state index contributed by atoms with van der Waals surface area (Å²) in [6, 6.07) is 0. The van der Waals surface area contributed by atoms with Gasteiger partial charge in [-0.15, -0.1) is 0 Å². The number of aliphatic hydroxyl groups excluding tert-OH is 7. The van der Waals surface area contributed by atoms with Crippen LogP contribution >= 0.6 is 0 Å². The zero-order valence-corrected chi connectivity index (χ0v) is 46.4. The lowest BCUT2D eigenvalue weighted by molar-refractivity contribution is -0.332. The third kappa shape index (κ3) is 34.5. The Bertz CT molecular complexity index is 1820. The van der Waals surface area contributed by atoms with Crippen LogP contribution in [-0.2, 0) is 33.2 Å². The summed E-state index contributed by atoms with van der Waals surface area (Å²) in [5, 5.41) is 72.3. The first kappa shape index (κ1) is 69.0. The topological polar surface area (TPSA) is 214 Å². The highest BCUT2D eigenvalue weighted by Crippen LogP contribution is 2.26. The molecule has 0 aliphatic carbocycles. The third-order valence-electron chi connectivity index (χ3n) is 12.3. The molecule has 2 heterocycles. The average Bonchev–Trinajstić information content (AvgIpc) is 3.43. The molecule has 77 heavy (non-hydrogen) atoms. The fraction of sp³-hybridized carbons (Fsp3) is 0.603. The van der Waals surface area contributed by atoms with Crippen LogP contribution in [0.15, 0.2) is 146 Å². The highest BCUT2D eigenvalue weighted by atomic mass is 16.7. The first-order chi connectivity index (χ1) is 37.6. The molecule has 0 radical (unpaired) electrons. The van der Waals surface area contributed by atoms with Crippen LogP contribution in [-0.4, -0.2) is 142 Å². The summed E-state index contributed by atoms with van der Waals surface area (Å²) >= 11 is 0. The summed E-state index contributed by atoms with van der Waals surface area (Å²) in [7, 11) is 0. The first-order valence-electron chi connectivity index (χ1n) is 28.4. The number of esters is 1. The third-order valence-corrected chi connectivity index (χ3v) is 12.3. The number of carbonyl (C=O) groups excluding carboxylic acids is 1. The van der Waals surface area contributed by atoms with Gasteiger partial charge in [-0.25, -0.2) is 0 Å². The van der Waals surface area contributed by atoms with Gasteiger partial charge in [-0.1, -0.05) is 166 Å². The van der Waals surface area contributed by atoms with E-state index in [9.17, 15) is 40.5 Å². The number of unbranched alkanes of at least 4 members (excludes halogenated alkanes) is 5. The summed E-state index contributed by atoms with van der Waals surface area (Å²) in [4.78, 5) is 13.1. The fourth-order valence-electron chi connectivity index (χ4n) is 7.82. The van der Waals surface area contributed by atoms with E-state index in [1.54, 1.807) is 0 Å². The number of carbonyl (C=O) groups is 1. The van der Waals surface area contributed by atoms with E-state index in [1.165, 1.54) is 0 Å².